The van der Waals surface area contributed by atoms with Crippen molar-refractivity contribution in [3.8, 4) is 0 Å². The highest BCUT2D eigenvalue weighted by Gasteiger charge is 2.56. The number of aliphatic carboxylic acids is 1. The number of carboxylic acids is 1. The third-order valence-electron chi connectivity index (χ3n) is 4.40. The average molecular weight is 407 g/mol. The van der Waals surface area contributed by atoms with Crippen LogP contribution in [0.1, 0.15) is 33.1 Å². The number of hydrogen-bond donors (Lipinski definition) is 6. The molecule has 6 atom stereocenters. The summed E-state index contributed by atoms with van der Waals surface area (Å²) in [5, 5.41) is 58.6. The first-order valence-electron chi connectivity index (χ1n) is 8.46. The summed E-state index contributed by atoms with van der Waals surface area (Å²) in [6, 6.07) is -1.69. The molecule has 2 amide bonds. The minimum atomic E-state index is -2.97. The molecule has 1 aliphatic rings. The molecule has 0 saturated carbocycles. The Balaban J connectivity index is 3.34. The number of aliphatic hydroxyl groups is 5. The highest BCUT2D eigenvalue weighted by Crippen LogP contribution is 2.33. The molecule has 1 aliphatic heterocycles. The molecule has 0 bridgehead atoms. The predicted octanol–water partition coefficient (Wildman–Crippen LogP) is -3.26. The van der Waals surface area contributed by atoms with Crippen LogP contribution in [0.2, 0.25) is 0 Å². The zero-order chi connectivity index (χ0) is 21.8. The van der Waals surface area contributed by atoms with Gasteiger partial charge in [0.05, 0.1) is 18.8 Å². The van der Waals surface area contributed by atoms with E-state index in [-0.39, 0.29) is 12.2 Å². The summed E-state index contributed by atoms with van der Waals surface area (Å²) in [6.07, 6.45) is -9.34. The van der Waals surface area contributed by atoms with Gasteiger partial charge in [0, 0.05) is 26.2 Å². The lowest BCUT2D eigenvalue weighted by Crippen LogP contribution is -2.68. The van der Waals surface area contributed by atoms with Gasteiger partial charge in [0.2, 0.25) is 11.8 Å². The summed E-state index contributed by atoms with van der Waals surface area (Å²) in [5.74, 6) is -7.03. The van der Waals surface area contributed by atoms with Gasteiger partial charge in [-0.1, -0.05) is 0 Å². The molecule has 1 fully saturated rings. The molecule has 0 aromatic rings. The van der Waals surface area contributed by atoms with Gasteiger partial charge in [-0.15, -0.1) is 0 Å². The van der Waals surface area contributed by atoms with Crippen molar-refractivity contribution in [1.82, 2.24) is 4.90 Å². The topological polar surface area (TPSA) is 202 Å². The van der Waals surface area contributed by atoms with Crippen molar-refractivity contribution < 1.29 is 54.6 Å². The Labute approximate surface area is 159 Å². The molecule has 0 radical (unpaired) electrons. The Morgan fingerprint density at radius 1 is 1.18 bits per heavy atom. The summed E-state index contributed by atoms with van der Waals surface area (Å²) < 4.78 is 4.97. The highest BCUT2D eigenvalue weighted by atomic mass is 16.7. The standard InChI is InChI=1S/C16H25NO11/c1-7(19)3-4-11(23)17(8(2)20)12-9(21)5-16(27,15(25)26)28-14(12)13(24)10(22)6-18/h9-10,12-14,18,21-22,24,27H,3-6H2,1-2H3,(H,25,26)/t9-,10+,12+,13+,14+,16+/m0/s1. The van der Waals surface area contributed by atoms with Gasteiger partial charge in [-0.05, 0) is 6.92 Å². The molecule has 1 saturated heterocycles. The fourth-order valence-corrected chi connectivity index (χ4v) is 2.98. The minimum absolute atomic E-state index is 0.210. The van der Waals surface area contributed by atoms with E-state index in [1.807, 2.05) is 0 Å². The number of imide groups is 1. The van der Waals surface area contributed by atoms with Crippen molar-refractivity contribution in [2.24, 2.45) is 0 Å². The molecule has 0 aromatic heterocycles. The number of Topliss-reactive ketones (excluding diaryl/α,β-unsaturated/α-hetero) is 1. The maximum atomic E-state index is 12.5. The lowest BCUT2D eigenvalue weighted by Gasteiger charge is -2.47. The third-order valence-corrected chi connectivity index (χ3v) is 4.40. The Hall–Kier alpha value is -1.96. The normalized spacial score (nSPS) is 29.6. The number of nitrogens with zero attached hydrogens (tertiary/aromatic N) is 1. The van der Waals surface area contributed by atoms with E-state index in [0.717, 1.165) is 6.92 Å². The van der Waals surface area contributed by atoms with Crippen LogP contribution >= 0.6 is 0 Å². The van der Waals surface area contributed by atoms with Crippen molar-refractivity contribution >= 4 is 23.6 Å². The van der Waals surface area contributed by atoms with Gasteiger partial charge in [-0.2, -0.15) is 0 Å². The summed E-state index contributed by atoms with van der Waals surface area (Å²) in [4.78, 5) is 47.4. The lowest BCUT2D eigenvalue weighted by molar-refractivity contribution is -0.302. The minimum Gasteiger partial charge on any atom is -0.477 e. The van der Waals surface area contributed by atoms with Crippen molar-refractivity contribution in [2.75, 3.05) is 6.61 Å². The van der Waals surface area contributed by atoms with Gasteiger partial charge in [0.25, 0.3) is 5.79 Å². The summed E-state index contributed by atoms with van der Waals surface area (Å²) >= 11 is 0. The zero-order valence-corrected chi connectivity index (χ0v) is 15.4. The molecule has 1 heterocycles. The molecule has 12 nitrogen and oxygen atoms in total. The monoisotopic (exact) mass is 407 g/mol. The van der Waals surface area contributed by atoms with Gasteiger partial charge >= 0.3 is 5.97 Å². The molecule has 12 heteroatoms. The van der Waals surface area contributed by atoms with E-state index in [1.54, 1.807) is 0 Å². The highest BCUT2D eigenvalue weighted by molar-refractivity contribution is 5.96. The fourth-order valence-electron chi connectivity index (χ4n) is 2.98. The van der Waals surface area contributed by atoms with Crippen LogP contribution in [0.15, 0.2) is 0 Å². The van der Waals surface area contributed by atoms with E-state index in [4.69, 9.17) is 14.9 Å². The number of hydrogen-bond acceptors (Lipinski definition) is 10. The maximum Gasteiger partial charge on any atom is 0.364 e. The van der Waals surface area contributed by atoms with Crippen LogP contribution in [0.4, 0.5) is 0 Å². The number of carbonyl (C=O) groups is 4. The van der Waals surface area contributed by atoms with E-state index >= 15 is 0 Å². The molecular formula is C16H25NO11. The van der Waals surface area contributed by atoms with Crippen molar-refractivity contribution in [2.45, 2.75) is 69.4 Å². The van der Waals surface area contributed by atoms with E-state index in [2.05, 4.69) is 0 Å². The molecule has 0 unspecified atom stereocenters. The number of carbonyl (C=O) groups excluding carboxylic acids is 3. The number of rotatable bonds is 8. The van der Waals surface area contributed by atoms with Crippen LogP contribution in [-0.2, 0) is 23.9 Å². The van der Waals surface area contributed by atoms with Crippen molar-refractivity contribution in [3.05, 3.63) is 0 Å². The molecule has 28 heavy (non-hydrogen) atoms. The molecule has 1 rings (SSSR count). The lowest BCUT2D eigenvalue weighted by atomic mass is 9.87. The molecule has 0 aliphatic carbocycles. The van der Waals surface area contributed by atoms with Gasteiger partial charge < -0.3 is 40.2 Å². The summed E-state index contributed by atoms with van der Waals surface area (Å²) in [7, 11) is 0. The van der Waals surface area contributed by atoms with Crippen LogP contribution in [0.3, 0.4) is 0 Å². The van der Waals surface area contributed by atoms with Crippen LogP contribution < -0.4 is 0 Å². The van der Waals surface area contributed by atoms with Crippen LogP contribution in [-0.4, -0.2) is 102 Å². The van der Waals surface area contributed by atoms with Gasteiger partial charge in [0.1, 0.15) is 24.1 Å². The Kier molecular flexibility index (Phi) is 8.16. The predicted molar refractivity (Wildman–Crippen MR) is 88.4 cm³/mol. The molecule has 0 spiro atoms. The van der Waals surface area contributed by atoms with Gasteiger partial charge in [-0.3, -0.25) is 14.5 Å². The SMILES string of the molecule is CC(=O)CCC(=O)N(C(C)=O)[C@H]1[C@H]([C@H](O)[C@H](O)CO)O[C@@](O)(C(=O)O)C[C@@H]1O. The first-order chi connectivity index (χ1) is 12.9. The molecular weight excluding hydrogens is 382 g/mol. The van der Waals surface area contributed by atoms with Crippen LogP contribution in [0, 0.1) is 0 Å². The van der Waals surface area contributed by atoms with Crippen LogP contribution in [0.5, 0.6) is 0 Å². The van der Waals surface area contributed by atoms with E-state index in [9.17, 15) is 39.6 Å². The Bertz CT molecular complexity index is 624. The van der Waals surface area contributed by atoms with E-state index in [0.29, 0.717) is 4.90 Å². The van der Waals surface area contributed by atoms with Crippen LogP contribution in [0.25, 0.3) is 0 Å². The summed E-state index contributed by atoms with van der Waals surface area (Å²) in [6.45, 7) is 1.19. The number of aliphatic hydroxyl groups excluding tert-OH is 4. The number of carboxylic acid groups (broad SMARTS) is 1. The first-order valence-corrected chi connectivity index (χ1v) is 8.46. The van der Waals surface area contributed by atoms with Crippen molar-refractivity contribution in [3.63, 3.8) is 0 Å². The maximum absolute atomic E-state index is 12.5. The number of ether oxygens (including phenoxy) is 1. The Morgan fingerprint density at radius 3 is 2.18 bits per heavy atom. The second-order valence-electron chi connectivity index (χ2n) is 6.66. The largest absolute Gasteiger partial charge is 0.477 e. The quantitative estimate of drug-likeness (QED) is 0.236. The fraction of sp³-hybridized carbons (Fsp3) is 0.750. The van der Waals surface area contributed by atoms with E-state index in [1.165, 1.54) is 6.92 Å². The van der Waals surface area contributed by atoms with Gasteiger partial charge in [-0.25, -0.2) is 4.79 Å². The number of amides is 2. The molecule has 0 aromatic carbocycles. The first kappa shape index (κ1) is 24.1. The Morgan fingerprint density at radius 2 is 1.75 bits per heavy atom. The molecule has 6 N–H and O–H groups in total. The summed E-state index contributed by atoms with van der Waals surface area (Å²) in [5.41, 5.74) is 0. The average Bonchev–Trinajstić information content (AvgIpc) is 2.59. The number of ketones is 1. The zero-order valence-electron chi connectivity index (χ0n) is 15.4. The third kappa shape index (κ3) is 5.31. The van der Waals surface area contributed by atoms with E-state index < -0.39 is 73.5 Å². The molecule has 160 valence electrons. The second kappa shape index (κ2) is 9.49. The van der Waals surface area contributed by atoms with Gasteiger partial charge in [0.15, 0.2) is 0 Å². The second-order valence-corrected chi connectivity index (χ2v) is 6.66. The van der Waals surface area contributed by atoms with Crippen molar-refractivity contribution in [1.29, 1.82) is 0 Å². The smallest absolute Gasteiger partial charge is 0.364 e.